The summed E-state index contributed by atoms with van der Waals surface area (Å²) in [6, 6.07) is 2.05. The van der Waals surface area contributed by atoms with Crippen molar-refractivity contribution in [3.63, 3.8) is 0 Å². The zero-order valence-electron chi connectivity index (χ0n) is 11.7. The van der Waals surface area contributed by atoms with Gasteiger partial charge in [-0.2, -0.15) is 13.2 Å². The van der Waals surface area contributed by atoms with Crippen LogP contribution in [0.15, 0.2) is 12.1 Å². The predicted molar refractivity (Wildman–Crippen MR) is 73.0 cm³/mol. The lowest BCUT2D eigenvalue weighted by atomic mass is 10.2. The topological polar surface area (TPSA) is 48.4 Å². The Morgan fingerprint density at radius 3 is 2.50 bits per heavy atom. The van der Waals surface area contributed by atoms with E-state index in [4.69, 9.17) is 5.11 Å². The van der Waals surface area contributed by atoms with Crippen molar-refractivity contribution in [2.45, 2.75) is 26.4 Å². The van der Waals surface area contributed by atoms with Crippen molar-refractivity contribution < 1.29 is 18.3 Å². The lowest BCUT2D eigenvalue weighted by molar-refractivity contribution is -0.137. The van der Waals surface area contributed by atoms with E-state index in [0.29, 0.717) is 26.1 Å². The second kappa shape index (κ2) is 7.33. The van der Waals surface area contributed by atoms with Gasteiger partial charge in [-0.1, -0.05) is 0 Å². The van der Waals surface area contributed by atoms with Crippen molar-refractivity contribution in [3.8, 4) is 0 Å². The summed E-state index contributed by atoms with van der Waals surface area (Å²) < 4.78 is 38.7. The number of aliphatic hydroxyl groups is 1. The van der Waals surface area contributed by atoms with Gasteiger partial charge in [-0.05, 0) is 32.4 Å². The normalized spacial score (nSPS) is 11.5. The van der Waals surface area contributed by atoms with E-state index in [1.807, 2.05) is 6.92 Å². The zero-order valence-corrected chi connectivity index (χ0v) is 11.7. The highest BCUT2D eigenvalue weighted by atomic mass is 19.4. The summed E-state index contributed by atoms with van der Waals surface area (Å²) in [5, 5.41) is 11.6. The van der Waals surface area contributed by atoms with E-state index in [1.165, 1.54) is 0 Å². The first kappa shape index (κ1) is 16.6. The molecule has 0 radical (unpaired) electrons. The summed E-state index contributed by atoms with van der Waals surface area (Å²) in [5.74, 6) is 0.478. The highest BCUT2D eigenvalue weighted by Crippen LogP contribution is 2.32. The van der Waals surface area contributed by atoms with Crippen LogP contribution in [-0.2, 0) is 6.18 Å². The number of nitrogens with zero attached hydrogens (tertiary/aromatic N) is 2. The Bertz CT molecular complexity index is 424. The van der Waals surface area contributed by atoms with Crippen molar-refractivity contribution in [2.24, 2.45) is 0 Å². The van der Waals surface area contributed by atoms with Crippen LogP contribution in [0.5, 0.6) is 0 Å². The van der Waals surface area contributed by atoms with Gasteiger partial charge in [0.2, 0.25) is 0 Å². The van der Waals surface area contributed by atoms with Gasteiger partial charge in [-0.15, -0.1) is 0 Å². The van der Waals surface area contributed by atoms with Gasteiger partial charge in [0.25, 0.3) is 0 Å². The molecule has 0 saturated heterocycles. The third-order valence-electron chi connectivity index (χ3n) is 2.79. The van der Waals surface area contributed by atoms with Crippen LogP contribution in [0.4, 0.5) is 24.8 Å². The van der Waals surface area contributed by atoms with Crippen molar-refractivity contribution in [3.05, 3.63) is 17.7 Å². The smallest absolute Gasteiger partial charge is 0.396 e. The number of hydrogen-bond donors (Lipinski definition) is 2. The molecule has 0 aliphatic heterocycles. The van der Waals surface area contributed by atoms with Crippen LogP contribution in [-0.4, -0.2) is 36.3 Å². The van der Waals surface area contributed by atoms with Crippen LogP contribution in [0.2, 0.25) is 0 Å². The summed E-state index contributed by atoms with van der Waals surface area (Å²) in [6.45, 7) is 5.12. The van der Waals surface area contributed by atoms with Gasteiger partial charge in [-0.3, -0.25) is 0 Å². The Hall–Kier alpha value is -1.50. The van der Waals surface area contributed by atoms with Gasteiger partial charge in [-0.25, -0.2) is 4.98 Å². The van der Waals surface area contributed by atoms with E-state index in [2.05, 4.69) is 10.3 Å². The van der Waals surface area contributed by atoms with E-state index in [-0.39, 0.29) is 18.2 Å². The number of pyridine rings is 1. The average Bonchev–Trinajstić information content (AvgIpc) is 2.39. The molecule has 0 saturated carbocycles. The molecule has 4 nitrogen and oxygen atoms in total. The van der Waals surface area contributed by atoms with Gasteiger partial charge >= 0.3 is 6.18 Å². The van der Waals surface area contributed by atoms with Crippen molar-refractivity contribution >= 4 is 11.6 Å². The average molecular weight is 291 g/mol. The van der Waals surface area contributed by atoms with Crippen molar-refractivity contribution in [2.75, 3.05) is 36.5 Å². The summed E-state index contributed by atoms with van der Waals surface area (Å²) in [5.41, 5.74) is -0.721. The zero-order chi connectivity index (χ0) is 15.2. The fourth-order valence-corrected chi connectivity index (χ4v) is 1.81. The van der Waals surface area contributed by atoms with Crippen LogP contribution in [0.25, 0.3) is 0 Å². The molecule has 0 aliphatic rings. The molecule has 2 N–H and O–H groups in total. The molecule has 114 valence electrons. The molecule has 1 heterocycles. The lowest BCUT2D eigenvalue weighted by Gasteiger charge is -2.23. The number of aromatic nitrogens is 1. The predicted octanol–water partition coefficient (Wildman–Crippen LogP) is 2.74. The van der Waals surface area contributed by atoms with Crippen molar-refractivity contribution in [1.82, 2.24) is 4.98 Å². The molecular formula is C13H20F3N3O. The standard InChI is InChI=1S/C13H20F3N3O/c1-3-17-11-8-10(13(14,15)16)9-12(18-11)19(4-2)6-5-7-20/h8-9,20H,3-7H2,1-2H3,(H,17,18). The Morgan fingerprint density at radius 2 is 2.00 bits per heavy atom. The minimum absolute atomic E-state index is 0.00444. The van der Waals surface area contributed by atoms with E-state index in [9.17, 15) is 13.2 Å². The minimum atomic E-state index is -4.40. The maximum Gasteiger partial charge on any atom is 0.416 e. The van der Waals surface area contributed by atoms with Gasteiger partial charge in [0.05, 0.1) is 5.56 Å². The first-order valence-electron chi connectivity index (χ1n) is 6.61. The van der Waals surface area contributed by atoms with E-state index in [0.717, 1.165) is 12.1 Å². The fraction of sp³-hybridized carbons (Fsp3) is 0.615. The third-order valence-corrected chi connectivity index (χ3v) is 2.79. The first-order chi connectivity index (χ1) is 9.42. The molecule has 1 aromatic rings. The molecule has 1 aromatic heterocycles. The summed E-state index contributed by atoms with van der Waals surface area (Å²) in [7, 11) is 0. The molecule has 0 aliphatic carbocycles. The molecule has 0 spiro atoms. The number of hydrogen-bond acceptors (Lipinski definition) is 4. The van der Waals surface area contributed by atoms with E-state index in [1.54, 1.807) is 11.8 Å². The SMILES string of the molecule is CCNc1cc(C(F)(F)F)cc(N(CC)CCCO)n1. The molecule has 1 rings (SSSR count). The van der Waals surface area contributed by atoms with Crippen molar-refractivity contribution in [1.29, 1.82) is 0 Å². The monoisotopic (exact) mass is 291 g/mol. The Morgan fingerprint density at radius 1 is 1.30 bits per heavy atom. The maximum atomic E-state index is 12.9. The van der Waals surface area contributed by atoms with Crippen LogP contribution in [0.3, 0.4) is 0 Å². The molecular weight excluding hydrogens is 271 g/mol. The maximum absolute atomic E-state index is 12.9. The van der Waals surface area contributed by atoms with Gasteiger partial charge in [0.15, 0.2) is 0 Å². The molecule has 20 heavy (non-hydrogen) atoms. The molecule has 0 fully saturated rings. The number of halogens is 3. The summed E-state index contributed by atoms with van der Waals surface area (Å²) in [4.78, 5) is 5.91. The molecule has 0 atom stereocenters. The van der Waals surface area contributed by atoms with Gasteiger partial charge in [0, 0.05) is 26.2 Å². The van der Waals surface area contributed by atoms with E-state index < -0.39 is 11.7 Å². The number of anilines is 2. The molecule has 0 unspecified atom stereocenters. The Balaban J connectivity index is 3.12. The summed E-state index contributed by atoms with van der Waals surface area (Å²) >= 11 is 0. The molecule has 0 bridgehead atoms. The second-order valence-electron chi connectivity index (χ2n) is 4.28. The molecule has 0 aromatic carbocycles. The van der Waals surface area contributed by atoms with E-state index >= 15 is 0 Å². The highest BCUT2D eigenvalue weighted by Gasteiger charge is 2.32. The van der Waals surface area contributed by atoms with Gasteiger partial charge in [0.1, 0.15) is 11.6 Å². The quantitative estimate of drug-likeness (QED) is 0.811. The number of aliphatic hydroxyl groups excluding tert-OH is 1. The van der Waals surface area contributed by atoms with Gasteiger partial charge < -0.3 is 15.3 Å². The first-order valence-corrected chi connectivity index (χ1v) is 6.61. The van der Waals surface area contributed by atoms with Crippen LogP contribution < -0.4 is 10.2 Å². The number of alkyl halides is 3. The second-order valence-corrected chi connectivity index (χ2v) is 4.28. The minimum Gasteiger partial charge on any atom is -0.396 e. The van der Waals surface area contributed by atoms with Crippen LogP contribution in [0, 0.1) is 0 Å². The number of rotatable bonds is 7. The van der Waals surface area contributed by atoms with Crippen LogP contribution in [0.1, 0.15) is 25.8 Å². The number of nitrogens with one attached hydrogen (secondary N) is 1. The highest BCUT2D eigenvalue weighted by molar-refractivity contribution is 5.51. The Kier molecular flexibility index (Phi) is 6.06. The lowest BCUT2D eigenvalue weighted by Crippen LogP contribution is -2.26. The third kappa shape index (κ3) is 4.56. The Labute approximate surface area is 116 Å². The molecule has 7 heteroatoms. The molecule has 0 amide bonds. The fourth-order valence-electron chi connectivity index (χ4n) is 1.81. The largest absolute Gasteiger partial charge is 0.416 e. The summed E-state index contributed by atoms with van der Waals surface area (Å²) in [6.07, 6.45) is -3.92. The van der Waals surface area contributed by atoms with Crippen LogP contribution >= 0.6 is 0 Å².